The van der Waals surface area contributed by atoms with Gasteiger partial charge in [-0.05, 0) is 31.1 Å². The molecular formula is C12H21N3O. The smallest absolute Gasteiger partial charge is 0.108 e. The van der Waals surface area contributed by atoms with Crippen molar-refractivity contribution in [1.82, 2.24) is 15.0 Å². The monoisotopic (exact) mass is 223 g/mol. The largest absolute Gasteiger partial charge is 0.383 e. The topological polar surface area (TPSA) is 50.9 Å². The van der Waals surface area contributed by atoms with Crippen LogP contribution >= 0.6 is 0 Å². The van der Waals surface area contributed by atoms with Gasteiger partial charge in [0.05, 0.1) is 11.9 Å². The van der Waals surface area contributed by atoms with E-state index < -0.39 is 5.60 Å². The van der Waals surface area contributed by atoms with E-state index in [4.69, 9.17) is 0 Å². The van der Waals surface area contributed by atoms with Gasteiger partial charge in [0, 0.05) is 6.54 Å². The first-order valence-corrected chi connectivity index (χ1v) is 6.08. The van der Waals surface area contributed by atoms with Crippen LogP contribution in [-0.2, 0) is 12.1 Å². The van der Waals surface area contributed by atoms with Crippen LogP contribution in [0, 0.1) is 5.41 Å². The molecule has 0 spiro atoms. The zero-order valence-corrected chi connectivity index (χ0v) is 10.4. The van der Waals surface area contributed by atoms with Crippen LogP contribution in [0.2, 0.25) is 0 Å². The Morgan fingerprint density at radius 1 is 1.44 bits per heavy atom. The molecule has 1 aliphatic rings. The summed E-state index contributed by atoms with van der Waals surface area (Å²) in [6, 6.07) is 0. The molecule has 1 unspecified atom stereocenters. The van der Waals surface area contributed by atoms with Crippen LogP contribution in [0.3, 0.4) is 0 Å². The minimum absolute atomic E-state index is 0.218. The van der Waals surface area contributed by atoms with Crippen LogP contribution in [0.25, 0.3) is 0 Å². The standard InChI is InChI=1S/C12H21N3O/c1-4-7-15-10(8-13-14-15)12(16)6-5-11(2,3)9-12/h8,16H,4-7,9H2,1-3H3. The number of aryl methyl sites for hydroxylation is 1. The molecule has 0 aromatic carbocycles. The van der Waals surface area contributed by atoms with Crippen molar-refractivity contribution in [3.63, 3.8) is 0 Å². The van der Waals surface area contributed by atoms with Crippen molar-refractivity contribution in [2.45, 2.75) is 58.6 Å². The molecule has 1 aromatic rings. The maximum atomic E-state index is 10.7. The summed E-state index contributed by atoms with van der Waals surface area (Å²) in [7, 11) is 0. The fourth-order valence-electron chi connectivity index (χ4n) is 2.73. The highest BCUT2D eigenvalue weighted by Crippen LogP contribution is 2.48. The maximum Gasteiger partial charge on any atom is 0.108 e. The van der Waals surface area contributed by atoms with Gasteiger partial charge in [-0.25, -0.2) is 4.68 Å². The van der Waals surface area contributed by atoms with Crippen LogP contribution in [0.4, 0.5) is 0 Å². The molecule has 1 N–H and O–H groups in total. The van der Waals surface area contributed by atoms with Crippen molar-refractivity contribution < 1.29 is 5.11 Å². The zero-order valence-electron chi connectivity index (χ0n) is 10.4. The van der Waals surface area contributed by atoms with Crippen LogP contribution in [0.15, 0.2) is 6.20 Å². The summed E-state index contributed by atoms with van der Waals surface area (Å²) < 4.78 is 1.85. The minimum atomic E-state index is -0.720. The van der Waals surface area contributed by atoms with E-state index >= 15 is 0 Å². The van der Waals surface area contributed by atoms with E-state index in [9.17, 15) is 5.11 Å². The molecule has 4 heteroatoms. The van der Waals surface area contributed by atoms with Crippen molar-refractivity contribution in [1.29, 1.82) is 0 Å². The number of hydrogen-bond donors (Lipinski definition) is 1. The van der Waals surface area contributed by atoms with Gasteiger partial charge in [0.15, 0.2) is 0 Å². The zero-order chi connectivity index (χ0) is 11.8. The third-order valence-corrected chi connectivity index (χ3v) is 3.52. The normalized spacial score (nSPS) is 28.5. The van der Waals surface area contributed by atoms with Gasteiger partial charge >= 0.3 is 0 Å². The second-order valence-electron chi connectivity index (χ2n) is 5.71. The molecule has 1 atom stereocenters. The van der Waals surface area contributed by atoms with Gasteiger partial charge in [-0.3, -0.25) is 0 Å². The van der Waals surface area contributed by atoms with Gasteiger partial charge < -0.3 is 5.11 Å². The second kappa shape index (κ2) is 3.84. The molecule has 1 aromatic heterocycles. The van der Waals surface area contributed by atoms with E-state index in [1.165, 1.54) is 0 Å². The Balaban J connectivity index is 2.26. The molecule has 1 saturated carbocycles. The van der Waals surface area contributed by atoms with E-state index in [1.807, 2.05) is 4.68 Å². The molecule has 1 aliphatic carbocycles. The van der Waals surface area contributed by atoms with Gasteiger partial charge in [-0.1, -0.05) is 26.0 Å². The lowest BCUT2D eigenvalue weighted by Gasteiger charge is -2.25. The first-order valence-electron chi connectivity index (χ1n) is 6.08. The number of hydrogen-bond acceptors (Lipinski definition) is 3. The average Bonchev–Trinajstić information content (AvgIpc) is 2.73. The number of nitrogens with zero attached hydrogens (tertiary/aromatic N) is 3. The highest BCUT2D eigenvalue weighted by atomic mass is 16.3. The van der Waals surface area contributed by atoms with E-state index in [-0.39, 0.29) is 5.41 Å². The Hall–Kier alpha value is -0.900. The van der Waals surface area contributed by atoms with Crippen LogP contribution in [-0.4, -0.2) is 20.1 Å². The third kappa shape index (κ3) is 1.98. The molecule has 4 nitrogen and oxygen atoms in total. The summed E-state index contributed by atoms with van der Waals surface area (Å²) >= 11 is 0. The lowest BCUT2D eigenvalue weighted by molar-refractivity contribution is 0.0247. The molecule has 0 aliphatic heterocycles. The molecule has 0 saturated heterocycles. The third-order valence-electron chi connectivity index (χ3n) is 3.52. The maximum absolute atomic E-state index is 10.7. The van der Waals surface area contributed by atoms with Gasteiger partial charge in [0.25, 0.3) is 0 Å². The first kappa shape index (κ1) is 11.6. The molecule has 90 valence electrons. The summed E-state index contributed by atoms with van der Waals surface area (Å²) in [6.07, 6.45) is 5.40. The predicted molar refractivity (Wildman–Crippen MR) is 61.8 cm³/mol. The summed E-state index contributed by atoms with van der Waals surface area (Å²) in [5.41, 5.74) is 0.387. The molecule has 16 heavy (non-hydrogen) atoms. The Bertz CT molecular complexity index is 372. The molecule has 1 heterocycles. The fraction of sp³-hybridized carbons (Fsp3) is 0.833. The Morgan fingerprint density at radius 3 is 2.75 bits per heavy atom. The van der Waals surface area contributed by atoms with Gasteiger partial charge in [-0.15, -0.1) is 5.10 Å². The quantitative estimate of drug-likeness (QED) is 0.853. The molecule has 0 bridgehead atoms. The molecular weight excluding hydrogens is 202 g/mol. The van der Waals surface area contributed by atoms with E-state index in [1.54, 1.807) is 6.20 Å². The van der Waals surface area contributed by atoms with Gasteiger partial charge in [-0.2, -0.15) is 0 Å². The van der Waals surface area contributed by atoms with Crippen LogP contribution < -0.4 is 0 Å². The summed E-state index contributed by atoms with van der Waals surface area (Å²) in [4.78, 5) is 0. The van der Waals surface area contributed by atoms with Gasteiger partial charge in [0.1, 0.15) is 5.60 Å². The summed E-state index contributed by atoms with van der Waals surface area (Å²) in [5, 5.41) is 18.7. The highest BCUT2D eigenvalue weighted by Gasteiger charge is 2.45. The molecule has 2 rings (SSSR count). The lowest BCUT2D eigenvalue weighted by Crippen LogP contribution is -2.27. The van der Waals surface area contributed by atoms with Crippen molar-refractivity contribution in [2.24, 2.45) is 5.41 Å². The number of aliphatic hydroxyl groups is 1. The van der Waals surface area contributed by atoms with Crippen molar-refractivity contribution in [3.8, 4) is 0 Å². The fourth-order valence-corrected chi connectivity index (χ4v) is 2.73. The van der Waals surface area contributed by atoms with Crippen molar-refractivity contribution >= 4 is 0 Å². The summed E-state index contributed by atoms with van der Waals surface area (Å²) in [5.74, 6) is 0. The Morgan fingerprint density at radius 2 is 2.19 bits per heavy atom. The first-order chi connectivity index (χ1) is 7.47. The van der Waals surface area contributed by atoms with Crippen LogP contribution in [0.1, 0.15) is 52.1 Å². The predicted octanol–water partition coefficient (Wildman–Crippen LogP) is 2.09. The van der Waals surface area contributed by atoms with Crippen LogP contribution in [0.5, 0.6) is 0 Å². The van der Waals surface area contributed by atoms with E-state index in [0.717, 1.165) is 37.9 Å². The van der Waals surface area contributed by atoms with Crippen molar-refractivity contribution in [3.05, 3.63) is 11.9 Å². The highest BCUT2D eigenvalue weighted by molar-refractivity contribution is 5.12. The number of aromatic nitrogens is 3. The molecule has 0 amide bonds. The number of rotatable bonds is 3. The minimum Gasteiger partial charge on any atom is -0.383 e. The average molecular weight is 223 g/mol. The van der Waals surface area contributed by atoms with E-state index in [2.05, 4.69) is 31.1 Å². The summed E-state index contributed by atoms with van der Waals surface area (Å²) in [6.45, 7) is 7.35. The Kier molecular flexibility index (Phi) is 2.78. The molecule has 1 fully saturated rings. The SMILES string of the molecule is CCCn1nncc1C1(O)CCC(C)(C)C1. The Labute approximate surface area is 96.7 Å². The van der Waals surface area contributed by atoms with E-state index in [0.29, 0.717) is 0 Å². The second-order valence-corrected chi connectivity index (χ2v) is 5.71. The lowest BCUT2D eigenvalue weighted by atomic mass is 9.88. The van der Waals surface area contributed by atoms with Crippen molar-refractivity contribution in [2.75, 3.05) is 0 Å². The molecule has 0 radical (unpaired) electrons. The van der Waals surface area contributed by atoms with Gasteiger partial charge in [0.2, 0.25) is 0 Å².